The van der Waals surface area contributed by atoms with Gasteiger partial charge in [-0.2, -0.15) is 0 Å². The number of anilines is 1. The van der Waals surface area contributed by atoms with E-state index in [0.717, 1.165) is 11.1 Å². The van der Waals surface area contributed by atoms with Crippen molar-refractivity contribution in [2.24, 2.45) is 0 Å². The van der Waals surface area contributed by atoms with Crippen molar-refractivity contribution in [2.45, 2.75) is 20.0 Å². The Morgan fingerprint density at radius 2 is 1.36 bits per heavy atom. The van der Waals surface area contributed by atoms with Gasteiger partial charge in [-0.3, -0.25) is 4.79 Å². The second-order valence-corrected chi connectivity index (χ2v) is 6.08. The number of nitrogens with zero attached hydrogens (tertiary/aromatic N) is 1. The van der Waals surface area contributed by atoms with Crippen LogP contribution in [0.15, 0.2) is 78.9 Å². The molecule has 0 aromatic heterocycles. The average Bonchev–Trinajstić information content (AvgIpc) is 2.62. The van der Waals surface area contributed by atoms with E-state index < -0.39 is 5.82 Å². The van der Waals surface area contributed by atoms with Crippen LogP contribution in [0.4, 0.5) is 10.1 Å². The summed E-state index contributed by atoms with van der Waals surface area (Å²) in [4.78, 5) is 13.8. The lowest BCUT2D eigenvalue weighted by atomic mass is 10.1. The Kier molecular flexibility index (Phi) is 5.24. The highest BCUT2D eigenvalue weighted by atomic mass is 19.1. The van der Waals surface area contributed by atoms with E-state index in [-0.39, 0.29) is 5.78 Å². The number of hydrogen-bond donors (Lipinski definition) is 0. The molecule has 0 atom stereocenters. The molecule has 0 bridgehead atoms. The van der Waals surface area contributed by atoms with E-state index in [1.807, 2.05) is 60.7 Å². The van der Waals surface area contributed by atoms with Gasteiger partial charge in [0, 0.05) is 24.3 Å². The van der Waals surface area contributed by atoms with Gasteiger partial charge in [-0.1, -0.05) is 60.7 Å². The molecule has 0 radical (unpaired) electrons. The Labute approximate surface area is 147 Å². The van der Waals surface area contributed by atoms with Crippen molar-refractivity contribution in [3.63, 3.8) is 0 Å². The zero-order valence-corrected chi connectivity index (χ0v) is 14.2. The molecule has 25 heavy (non-hydrogen) atoms. The van der Waals surface area contributed by atoms with Gasteiger partial charge in [0.05, 0.1) is 0 Å². The van der Waals surface area contributed by atoms with E-state index in [1.165, 1.54) is 19.1 Å². The fraction of sp³-hybridized carbons (Fsp3) is 0.136. The fourth-order valence-electron chi connectivity index (χ4n) is 2.81. The first-order valence-corrected chi connectivity index (χ1v) is 8.26. The Bertz CT molecular complexity index is 805. The highest BCUT2D eigenvalue weighted by molar-refractivity contribution is 5.95. The molecule has 0 saturated heterocycles. The first-order chi connectivity index (χ1) is 12.1. The van der Waals surface area contributed by atoms with Crippen LogP contribution in [-0.2, 0) is 13.1 Å². The molecule has 0 saturated carbocycles. The van der Waals surface area contributed by atoms with Crippen LogP contribution in [0.25, 0.3) is 0 Å². The third-order valence-corrected chi connectivity index (χ3v) is 4.09. The van der Waals surface area contributed by atoms with Crippen molar-refractivity contribution >= 4 is 11.5 Å². The number of carbonyl (C=O) groups is 1. The van der Waals surface area contributed by atoms with Gasteiger partial charge in [-0.15, -0.1) is 0 Å². The molecule has 3 heteroatoms. The van der Waals surface area contributed by atoms with Crippen molar-refractivity contribution in [3.8, 4) is 0 Å². The molecular weight excluding hydrogens is 313 g/mol. The van der Waals surface area contributed by atoms with Gasteiger partial charge in [0.1, 0.15) is 5.82 Å². The average molecular weight is 333 g/mol. The van der Waals surface area contributed by atoms with E-state index in [4.69, 9.17) is 0 Å². The normalized spacial score (nSPS) is 10.5. The van der Waals surface area contributed by atoms with Crippen LogP contribution in [-0.4, -0.2) is 5.78 Å². The van der Waals surface area contributed by atoms with E-state index in [1.54, 1.807) is 6.07 Å². The summed E-state index contributed by atoms with van der Waals surface area (Å²) in [6.45, 7) is 2.73. The zero-order chi connectivity index (χ0) is 17.6. The summed E-state index contributed by atoms with van der Waals surface area (Å²) in [6.07, 6.45) is 0. The lowest BCUT2D eigenvalue weighted by Crippen LogP contribution is -2.22. The Morgan fingerprint density at radius 1 is 0.840 bits per heavy atom. The largest absolute Gasteiger partial charge is 0.363 e. The standard InChI is InChI=1S/C22H20FNO/c1-17(25)20-12-21(23)14-22(13-20)24(15-18-8-4-2-5-9-18)16-19-10-6-3-7-11-19/h2-14H,15-16H2,1H3. The summed E-state index contributed by atoms with van der Waals surface area (Å²) < 4.78 is 14.0. The molecule has 126 valence electrons. The fourth-order valence-corrected chi connectivity index (χ4v) is 2.81. The first kappa shape index (κ1) is 16.9. The molecule has 3 aromatic carbocycles. The van der Waals surface area contributed by atoms with Gasteiger partial charge in [0.15, 0.2) is 5.78 Å². The predicted octanol–water partition coefficient (Wildman–Crippen LogP) is 5.24. The number of carbonyl (C=O) groups excluding carboxylic acids is 1. The predicted molar refractivity (Wildman–Crippen MR) is 99.2 cm³/mol. The monoisotopic (exact) mass is 333 g/mol. The summed E-state index contributed by atoms with van der Waals surface area (Å²) in [5, 5.41) is 0. The van der Waals surface area contributed by atoms with E-state index in [0.29, 0.717) is 24.3 Å². The number of rotatable bonds is 6. The highest BCUT2D eigenvalue weighted by Crippen LogP contribution is 2.23. The van der Waals surface area contributed by atoms with Crippen molar-refractivity contribution < 1.29 is 9.18 Å². The van der Waals surface area contributed by atoms with Crippen molar-refractivity contribution in [2.75, 3.05) is 4.90 Å². The minimum absolute atomic E-state index is 0.139. The number of hydrogen-bond acceptors (Lipinski definition) is 2. The second-order valence-electron chi connectivity index (χ2n) is 6.08. The molecule has 0 aliphatic carbocycles. The molecule has 0 fully saturated rings. The number of halogens is 1. The second kappa shape index (κ2) is 7.75. The van der Waals surface area contributed by atoms with Crippen molar-refractivity contribution in [1.29, 1.82) is 0 Å². The molecule has 3 rings (SSSR count). The first-order valence-electron chi connectivity index (χ1n) is 8.26. The van der Waals surface area contributed by atoms with Crippen LogP contribution in [0.3, 0.4) is 0 Å². The molecular formula is C22H20FNO. The maximum absolute atomic E-state index is 14.0. The number of benzene rings is 3. The van der Waals surface area contributed by atoms with E-state index >= 15 is 0 Å². The Morgan fingerprint density at radius 3 is 1.84 bits per heavy atom. The Hall–Kier alpha value is -2.94. The quantitative estimate of drug-likeness (QED) is 0.575. The lowest BCUT2D eigenvalue weighted by Gasteiger charge is -2.26. The molecule has 3 aromatic rings. The molecule has 2 nitrogen and oxygen atoms in total. The molecule has 0 aliphatic rings. The molecule has 0 aliphatic heterocycles. The SMILES string of the molecule is CC(=O)c1cc(F)cc(N(Cc2ccccc2)Cc2ccccc2)c1. The van der Waals surface area contributed by atoms with Crippen molar-refractivity contribution in [3.05, 3.63) is 101 Å². The zero-order valence-electron chi connectivity index (χ0n) is 14.2. The maximum Gasteiger partial charge on any atom is 0.159 e. The minimum Gasteiger partial charge on any atom is -0.363 e. The minimum atomic E-state index is -0.395. The van der Waals surface area contributed by atoms with Gasteiger partial charge in [-0.05, 0) is 36.2 Å². The van der Waals surface area contributed by atoms with Crippen LogP contribution in [0.5, 0.6) is 0 Å². The maximum atomic E-state index is 14.0. The molecule has 0 amide bonds. The van der Waals surface area contributed by atoms with Crippen LogP contribution in [0, 0.1) is 5.82 Å². The molecule has 0 heterocycles. The smallest absolute Gasteiger partial charge is 0.159 e. The van der Waals surface area contributed by atoms with Crippen LogP contribution in [0.1, 0.15) is 28.4 Å². The summed E-state index contributed by atoms with van der Waals surface area (Å²) in [6, 6.07) is 24.6. The van der Waals surface area contributed by atoms with Crippen LogP contribution in [0.2, 0.25) is 0 Å². The molecule has 0 N–H and O–H groups in total. The number of Topliss-reactive ketones (excluding diaryl/α,β-unsaturated/α-hetero) is 1. The van der Waals surface area contributed by atoms with Gasteiger partial charge in [0.25, 0.3) is 0 Å². The van der Waals surface area contributed by atoms with Crippen molar-refractivity contribution in [1.82, 2.24) is 0 Å². The van der Waals surface area contributed by atoms with Gasteiger partial charge in [0.2, 0.25) is 0 Å². The third kappa shape index (κ3) is 4.54. The summed E-state index contributed by atoms with van der Waals surface area (Å²) in [5.74, 6) is -0.533. The van der Waals surface area contributed by atoms with Gasteiger partial charge in [-0.25, -0.2) is 4.39 Å². The summed E-state index contributed by atoms with van der Waals surface area (Å²) >= 11 is 0. The third-order valence-electron chi connectivity index (χ3n) is 4.09. The van der Waals surface area contributed by atoms with Crippen LogP contribution < -0.4 is 4.90 Å². The highest BCUT2D eigenvalue weighted by Gasteiger charge is 2.12. The summed E-state index contributed by atoms with van der Waals surface area (Å²) in [7, 11) is 0. The summed E-state index contributed by atoms with van der Waals surface area (Å²) in [5.41, 5.74) is 3.36. The van der Waals surface area contributed by atoms with E-state index in [2.05, 4.69) is 4.90 Å². The van der Waals surface area contributed by atoms with E-state index in [9.17, 15) is 9.18 Å². The van der Waals surface area contributed by atoms with Crippen LogP contribution >= 0.6 is 0 Å². The van der Waals surface area contributed by atoms with Gasteiger partial charge >= 0.3 is 0 Å². The Balaban J connectivity index is 1.96. The molecule has 0 spiro atoms. The van der Waals surface area contributed by atoms with Gasteiger partial charge < -0.3 is 4.90 Å². The number of ketones is 1. The lowest BCUT2D eigenvalue weighted by molar-refractivity contribution is 0.101. The molecule has 0 unspecified atom stereocenters. The topological polar surface area (TPSA) is 20.3 Å².